The summed E-state index contributed by atoms with van der Waals surface area (Å²) in [6.07, 6.45) is -3.29. The van der Waals surface area contributed by atoms with E-state index in [1.807, 2.05) is 0 Å². The van der Waals surface area contributed by atoms with Gasteiger partial charge in [0.05, 0.1) is 18.8 Å². The zero-order chi connectivity index (χ0) is 16.4. The van der Waals surface area contributed by atoms with Gasteiger partial charge in [-0.3, -0.25) is 4.79 Å². The third-order valence-electron chi connectivity index (χ3n) is 3.52. The molecule has 23 heavy (non-hydrogen) atoms. The lowest BCUT2D eigenvalue weighted by molar-refractivity contribution is -0.137. The molecule has 0 aliphatic carbocycles. The van der Waals surface area contributed by atoms with Crippen LogP contribution in [0.5, 0.6) is 0 Å². The summed E-state index contributed by atoms with van der Waals surface area (Å²) in [6, 6.07) is 3.56. The lowest BCUT2D eigenvalue weighted by Crippen LogP contribution is -2.43. The van der Waals surface area contributed by atoms with Crippen LogP contribution in [0.4, 0.5) is 13.2 Å². The van der Waals surface area contributed by atoms with Crippen molar-refractivity contribution >= 4 is 5.91 Å². The molecule has 2 heterocycles. The fourth-order valence-electron chi connectivity index (χ4n) is 2.35. The van der Waals surface area contributed by atoms with Gasteiger partial charge in [-0.25, -0.2) is 0 Å². The van der Waals surface area contributed by atoms with E-state index in [0.717, 1.165) is 30.7 Å². The monoisotopic (exact) mass is 327 g/mol. The van der Waals surface area contributed by atoms with Crippen molar-refractivity contribution in [2.24, 2.45) is 0 Å². The molecule has 9 heteroatoms. The summed E-state index contributed by atoms with van der Waals surface area (Å²) in [5.41, 5.74) is -0.640. The summed E-state index contributed by atoms with van der Waals surface area (Å²) in [7, 11) is 0. The van der Waals surface area contributed by atoms with Crippen molar-refractivity contribution in [2.75, 3.05) is 19.8 Å². The number of benzene rings is 1. The SMILES string of the molecule is O=C(c1ccc(C(F)(F)F)cc1)N1CCOCC1c1ncon1. The number of halogens is 3. The first kappa shape index (κ1) is 15.5. The lowest BCUT2D eigenvalue weighted by atomic mass is 10.1. The standard InChI is InChI=1S/C14H12F3N3O3/c15-14(16,17)10-3-1-9(2-4-10)13(21)20-5-6-22-7-11(20)12-18-8-23-19-12/h1-4,8,11H,5-7H2. The Labute approximate surface area is 128 Å². The van der Waals surface area contributed by atoms with E-state index < -0.39 is 23.7 Å². The van der Waals surface area contributed by atoms with Gasteiger partial charge in [0.1, 0.15) is 6.04 Å². The molecule has 3 rings (SSSR count). The largest absolute Gasteiger partial charge is 0.416 e. The summed E-state index contributed by atoms with van der Waals surface area (Å²) in [5.74, 6) is -0.109. The van der Waals surface area contributed by atoms with E-state index in [1.54, 1.807) is 0 Å². The first-order valence-corrected chi connectivity index (χ1v) is 6.79. The van der Waals surface area contributed by atoms with Crippen LogP contribution in [0.1, 0.15) is 27.8 Å². The van der Waals surface area contributed by atoms with Crippen molar-refractivity contribution < 1.29 is 27.2 Å². The highest BCUT2D eigenvalue weighted by Crippen LogP contribution is 2.30. The Kier molecular flexibility index (Phi) is 4.03. The molecular formula is C14H12F3N3O3. The molecule has 2 aromatic rings. The summed E-state index contributed by atoms with van der Waals surface area (Å²) in [6.45, 7) is 0.825. The number of carbonyl (C=O) groups excluding carboxylic acids is 1. The minimum absolute atomic E-state index is 0.161. The van der Waals surface area contributed by atoms with Gasteiger partial charge in [0.25, 0.3) is 5.91 Å². The van der Waals surface area contributed by atoms with Crippen LogP contribution in [0, 0.1) is 0 Å². The Balaban J connectivity index is 1.83. The first-order chi connectivity index (χ1) is 11.0. The molecule has 1 aromatic heterocycles. The third-order valence-corrected chi connectivity index (χ3v) is 3.52. The van der Waals surface area contributed by atoms with Crippen LogP contribution < -0.4 is 0 Å². The zero-order valence-corrected chi connectivity index (χ0v) is 11.8. The molecule has 1 aliphatic heterocycles. The number of hydrogen-bond donors (Lipinski definition) is 0. The predicted octanol–water partition coefficient (Wildman–Crippen LogP) is 2.30. The lowest BCUT2D eigenvalue weighted by Gasteiger charge is -2.33. The quantitative estimate of drug-likeness (QED) is 0.846. The summed E-state index contributed by atoms with van der Waals surface area (Å²) in [4.78, 5) is 18.0. The second-order valence-electron chi connectivity index (χ2n) is 4.95. The summed E-state index contributed by atoms with van der Waals surface area (Å²) in [5, 5.41) is 3.70. The molecule has 1 saturated heterocycles. The fraction of sp³-hybridized carbons (Fsp3) is 0.357. The van der Waals surface area contributed by atoms with Gasteiger partial charge in [0.15, 0.2) is 5.82 Å². The van der Waals surface area contributed by atoms with Gasteiger partial charge in [0.2, 0.25) is 6.39 Å². The molecule has 122 valence electrons. The normalized spacial score (nSPS) is 18.9. The van der Waals surface area contributed by atoms with Crippen molar-refractivity contribution in [1.82, 2.24) is 15.0 Å². The van der Waals surface area contributed by atoms with Gasteiger partial charge in [-0.2, -0.15) is 18.2 Å². The van der Waals surface area contributed by atoms with Crippen LogP contribution in [0.25, 0.3) is 0 Å². The average molecular weight is 327 g/mol. The molecule has 0 radical (unpaired) electrons. The summed E-state index contributed by atoms with van der Waals surface area (Å²) < 4.78 is 47.7. The van der Waals surface area contributed by atoms with Gasteiger partial charge < -0.3 is 14.2 Å². The van der Waals surface area contributed by atoms with Crippen LogP contribution in [0.2, 0.25) is 0 Å². The topological polar surface area (TPSA) is 68.5 Å². The second kappa shape index (κ2) is 5.99. The van der Waals surface area contributed by atoms with E-state index in [-0.39, 0.29) is 12.2 Å². The highest BCUT2D eigenvalue weighted by Gasteiger charge is 2.33. The Morgan fingerprint density at radius 1 is 1.26 bits per heavy atom. The van der Waals surface area contributed by atoms with E-state index >= 15 is 0 Å². The molecule has 0 bridgehead atoms. The van der Waals surface area contributed by atoms with Crippen molar-refractivity contribution in [3.05, 3.63) is 47.6 Å². The van der Waals surface area contributed by atoms with Gasteiger partial charge in [0, 0.05) is 12.1 Å². The smallest absolute Gasteiger partial charge is 0.377 e. The predicted molar refractivity (Wildman–Crippen MR) is 70.3 cm³/mol. The highest BCUT2D eigenvalue weighted by molar-refractivity contribution is 5.94. The first-order valence-electron chi connectivity index (χ1n) is 6.79. The third kappa shape index (κ3) is 3.19. The number of rotatable bonds is 2. The Hall–Kier alpha value is -2.42. The van der Waals surface area contributed by atoms with Crippen molar-refractivity contribution in [2.45, 2.75) is 12.2 Å². The fourth-order valence-corrected chi connectivity index (χ4v) is 2.35. The minimum Gasteiger partial charge on any atom is -0.377 e. The molecule has 1 amide bonds. The minimum atomic E-state index is -4.44. The van der Waals surface area contributed by atoms with Crippen molar-refractivity contribution in [1.29, 1.82) is 0 Å². The molecular weight excluding hydrogens is 315 g/mol. The number of carbonyl (C=O) groups is 1. The molecule has 1 unspecified atom stereocenters. The second-order valence-corrected chi connectivity index (χ2v) is 4.95. The zero-order valence-electron chi connectivity index (χ0n) is 11.8. The van der Waals surface area contributed by atoms with Gasteiger partial charge >= 0.3 is 6.18 Å². The average Bonchev–Trinajstić information content (AvgIpc) is 3.08. The van der Waals surface area contributed by atoms with Crippen LogP contribution in [0.3, 0.4) is 0 Å². The molecule has 0 spiro atoms. The van der Waals surface area contributed by atoms with E-state index in [9.17, 15) is 18.0 Å². The molecule has 0 N–H and O–H groups in total. The highest BCUT2D eigenvalue weighted by atomic mass is 19.4. The van der Waals surface area contributed by atoms with Gasteiger partial charge in [-0.1, -0.05) is 5.16 Å². The molecule has 6 nitrogen and oxygen atoms in total. The van der Waals surface area contributed by atoms with E-state index in [0.29, 0.717) is 19.0 Å². The van der Waals surface area contributed by atoms with Crippen LogP contribution in [-0.4, -0.2) is 40.7 Å². The van der Waals surface area contributed by atoms with E-state index in [2.05, 4.69) is 14.7 Å². The molecule has 1 aliphatic rings. The Bertz CT molecular complexity index is 671. The Morgan fingerprint density at radius 2 is 2.00 bits per heavy atom. The van der Waals surface area contributed by atoms with Crippen LogP contribution >= 0.6 is 0 Å². The van der Waals surface area contributed by atoms with Gasteiger partial charge in [-0.05, 0) is 24.3 Å². The number of alkyl halides is 3. The van der Waals surface area contributed by atoms with E-state index in [4.69, 9.17) is 4.74 Å². The number of hydrogen-bond acceptors (Lipinski definition) is 5. The van der Waals surface area contributed by atoms with Crippen molar-refractivity contribution in [3.8, 4) is 0 Å². The number of morpholine rings is 1. The number of amides is 1. The van der Waals surface area contributed by atoms with Crippen molar-refractivity contribution in [3.63, 3.8) is 0 Å². The number of nitrogens with zero attached hydrogens (tertiary/aromatic N) is 3. The maximum atomic E-state index is 12.6. The van der Waals surface area contributed by atoms with E-state index in [1.165, 1.54) is 4.90 Å². The molecule has 1 aromatic carbocycles. The van der Waals surface area contributed by atoms with Gasteiger partial charge in [-0.15, -0.1) is 0 Å². The number of aromatic nitrogens is 2. The number of ether oxygens (including phenoxy) is 1. The summed E-state index contributed by atoms with van der Waals surface area (Å²) >= 11 is 0. The molecule has 0 saturated carbocycles. The molecule has 1 atom stereocenters. The maximum absolute atomic E-state index is 12.6. The maximum Gasteiger partial charge on any atom is 0.416 e. The van der Waals surface area contributed by atoms with Crippen LogP contribution in [0.15, 0.2) is 35.2 Å². The Morgan fingerprint density at radius 3 is 2.61 bits per heavy atom. The van der Waals surface area contributed by atoms with Crippen LogP contribution in [-0.2, 0) is 10.9 Å². The molecule has 1 fully saturated rings.